The number of carbonyl (C=O) groups excluding carboxylic acids is 2. The Morgan fingerprint density at radius 1 is 0.898 bits per heavy atom. The van der Waals surface area contributed by atoms with E-state index in [-0.39, 0.29) is 76.3 Å². The summed E-state index contributed by atoms with van der Waals surface area (Å²) >= 11 is 0. The Bertz CT molecular complexity index is 1410. The summed E-state index contributed by atoms with van der Waals surface area (Å²) in [6.45, 7) is 8.90. The van der Waals surface area contributed by atoms with Crippen molar-refractivity contribution < 1.29 is 67.3 Å². The van der Waals surface area contributed by atoms with Crippen molar-refractivity contribution in [2.75, 3.05) is 99.4 Å². The van der Waals surface area contributed by atoms with Gasteiger partial charge in [0.05, 0.1) is 84.1 Å². The van der Waals surface area contributed by atoms with Crippen LogP contribution < -0.4 is 0 Å². The summed E-state index contributed by atoms with van der Waals surface area (Å²) in [5, 5.41) is 19.2. The lowest BCUT2D eigenvalue weighted by atomic mass is 9.81. The Balaban J connectivity index is 1.52. The maximum Gasteiger partial charge on any atom is 0.508 e. The summed E-state index contributed by atoms with van der Waals surface area (Å²) in [4.78, 5) is 60.2. The minimum Gasteiger partial charge on any atom is -0.449 e. The molecule has 334 valence electrons. The number of rotatable bonds is 26. The van der Waals surface area contributed by atoms with E-state index in [9.17, 15) is 29.8 Å². The van der Waals surface area contributed by atoms with Gasteiger partial charge in [-0.3, -0.25) is 4.90 Å². The molecule has 1 aromatic rings. The lowest BCUT2D eigenvalue weighted by molar-refractivity contribution is -0.757. The van der Waals surface area contributed by atoms with Gasteiger partial charge in [0.1, 0.15) is 6.10 Å². The van der Waals surface area contributed by atoms with E-state index >= 15 is 0 Å². The molecule has 2 saturated heterocycles. The zero-order valence-corrected chi connectivity index (χ0v) is 34.5. The maximum atomic E-state index is 13.5. The molecule has 0 radical (unpaired) electrons. The molecule has 1 saturated carbocycles. The summed E-state index contributed by atoms with van der Waals surface area (Å²) in [5.74, 6) is -0.113. The third kappa shape index (κ3) is 16.8. The second kappa shape index (κ2) is 26.2. The van der Waals surface area contributed by atoms with Crippen LogP contribution in [0.4, 0.5) is 9.59 Å². The zero-order valence-electron chi connectivity index (χ0n) is 34.5. The van der Waals surface area contributed by atoms with E-state index in [1.165, 1.54) is 4.90 Å². The number of hydrogen-bond acceptors (Lipinski definition) is 17. The SMILES string of the molecule is CCOCC(C)COCc1ccc(C2C(OCC3CCC4OCCN(CCCOC)C4C3)CN(C(=O)OCCCO[N+](=O)[O-])CC2OC(=O)OCCCO[N+](=O)[O-])cc1. The van der Waals surface area contributed by atoms with Crippen molar-refractivity contribution in [3.8, 4) is 0 Å². The van der Waals surface area contributed by atoms with Gasteiger partial charge in [0.2, 0.25) is 0 Å². The van der Waals surface area contributed by atoms with Crippen LogP contribution in [0.25, 0.3) is 0 Å². The Morgan fingerprint density at radius 2 is 1.59 bits per heavy atom. The highest BCUT2D eigenvalue weighted by Gasteiger charge is 2.44. The van der Waals surface area contributed by atoms with E-state index in [0.717, 1.165) is 49.9 Å². The Labute approximate surface area is 345 Å². The molecule has 7 unspecified atom stereocenters. The maximum absolute atomic E-state index is 13.5. The number of morpholine rings is 1. The zero-order chi connectivity index (χ0) is 42.4. The normalized spacial score (nSPS) is 23.7. The lowest BCUT2D eigenvalue weighted by Crippen LogP contribution is -2.56. The van der Waals surface area contributed by atoms with Gasteiger partial charge in [0, 0.05) is 64.8 Å². The summed E-state index contributed by atoms with van der Waals surface area (Å²) in [7, 11) is 1.70. The van der Waals surface area contributed by atoms with Crippen LogP contribution in [0.3, 0.4) is 0 Å². The Morgan fingerprint density at radius 3 is 2.29 bits per heavy atom. The van der Waals surface area contributed by atoms with Crippen LogP contribution in [0.5, 0.6) is 0 Å². The van der Waals surface area contributed by atoms with Gasteiger partial charge in [0.25, 0.3) is 10.2 Å². The monoisotopic (exact) mass is 842 g/mol. The molecule has 20 heteroatoms. The van der Waals surface area contributed by atoms with E-state index in [4.69, 9.17) is 37.9 Å². The molecule has 2 heterocycles. The number of amides is 1. The molecule has 3 fully saturated rings. The van der Waals surface area contributed by atoms with E-state index in [2.05, 4.69) is 21.5 Å². The fraction of sp³-hybridized carbons (Fsp3) is 0.795. The van der Waals surface area contributed by atoms with Gasteiger partial charge in [-0.05, 0) is 49.7 Å². The topological polar surface area (TPSA) is 219 Å². The molecule has 7 atom stereocenters. The highest BCUT2D eigenvalue weighted by atomic mass is 17.0. The third-order valence-electron chi connectivity index (χ3n) is 10.5. The summed E-state index contributed by atoms with van der Waals surface area (Å²) < 4.78 is 46.3. The number of carbonyl (C=O) groups is 2. The smallest absolute Gasteiger partial charge is 0.449 e. The van der Waals surface area contributed by atoms with E-state index in [1.807, 2.05) is 31.2 Å². The first kappa shape index (κ1) is 47.6. The molecule has 0 aromatic heterocycles. The minimum absolute atomic E-state index is 0.0561. The number of piperidine rings is 1. The fourth-order valence-corrected chi connectivity index (χ4v) is 7.73. The number of likely N-dealkylation sites (tertiary alicyclic amines) is 1. The molecule has 0 N–H and O–H groups in total. The van der Waals surface area contributed by atoms with E-state index < -0.39 is 40.5 Å². The Hall–Kier alpha value is -4.08. The number of benzene rings is 1. The average Bonchev–Trinajstić information content (AvgIpc) is 3.22. The van der Waals surface area contributed by atoms with Gasteiger partial charge in [-0.15, -0.1) is 20.2 Å². The molecule has 4 rings (SSSR count). The van der Waals surface area contributed by atoms with Gasteiger partial charge in [-0.1, -0.05) is 31.2 Å². The minimum atomic E-state index is -1.03. The van der Waals surface area contributed by atoms with Crippen LogP contribution in [0.1, 0.15) is 69.4 Å². The van der Waals surface area contributed by atoms with Gasteiger partial charge >= 0.3 is 12.2 Å². The molecular formula is C39H62N4O16. The van der Waals surface area contributed by atoms with Gasteiger partial charge in [0.15, 0.2) is 0 Å². The van der Waals surface area contributed by atoms with Crippen molar-refractivity contribution >= 4 is 12.2 Å². The number of fused-ring (bicyclic) bond motifs is 1. The average molecular weight is 843 g/mol. The molecule has 0 bridgehead atoms. The van der Waals surface area contributed by atoms with Crippen molar-refractivity contribution in [2.24, 2.45) is 11.8 Å². The van der Waals surface area contributed by atoms with E-state index in [0.29, 0.717) is 46.2 Å². The van der Waals surface area contributed by atoms with Gasteiger partial charge in [-0.2, -0.15) is 0 Å². The van der Waals surface area contributed by atoms with Crippen LogP contribution in [0, 0.1) is 32.1 Å². The molecule has 1 aliphatic carbocycles. The summed E-state index contributed by atoms with van der Waals surface area (Å²) in [6.07, 6.45) is 0.533. The second-order valence-electron chi connectivity index (χ2n) is 15.1. The highest BCUT2D eigenvalue weighted by molar-refractivity contribution is 5.68. The molecule has 1 amide bonds. The predicted octanol–water partition coefficient (Wildman–Crippen LogP) is 4.42. The molecule has 0 spiro atoms. The highest BCUT2D eigenvalue weighted by Crippen LogP contribution is 2.37. The summed E-state index contributed by atoms with van der Waals surface area (Å²) in [6, 6.07) is 8.01. The first-order chi connectivity index (χ1) is 28.6. The number of hydrogen-bond donors (Lipinski definition) is 0. The standard InChI is InChI=1S/C39H62N4O16/c1-4-51-25-29(2)26-52-27-30-8-11-32(12-9-30)37-35(56-28-31-10-13-34-33(22-31)40(15-21-53-34)14-5-16-50-3)23-41(38(44)54-17-6-19-57-42(46)47)24-36(37)59-39(45)55-18-7-20-58-43(48)49/h8-9,11-12,29,31,33-37H,4-7,10,13-28H2,1-3H3. The quantitative estimate of drug-likeness (QED) is 0.0545. The first-order valence-corrected chi connectivity index (χ1v) is 20.6. The molecule has 3 aliphatic rings. The van der Waals surface area contributed by atoms with Gasteiger partial charge < -0.3 is 52.5 Å². The second-order valence-corrected chi connectivity index (χ2v) is 15.1. The predicted molar refractivity (Wildman–Crippen MR) is 207 cm³/mol. The molecule has 59 heavy (non-hydrogen) atoms. The molecule has 20 nitrogen and oxygen atoms in total. The van der Waals surface area contributed by atoms with Crippen molar-refractivity contribution in [1.29, 1.82) is 0 Å². The lowest BCUT2D eigenvalue weighted by Gasteiger charge is -2.47. The van der Waals surface area contributed by atoms with Crippen LogP contribution >= 0.6 is 0 Å². The molecule has 2 aliphatic heterocycles. The number of ether oxygens (including phenoxy) is 8. The first-order valence-electron chi connectivity index (χ1n) is 20.6. The van der Waals surface area contributed by atoms with Crippen molar-refractivity contribution in [2.45, 2.75) is 89.3 Å². The van der Waals surface area contributed by atoms with E-state index in [1.54, 1.807) is 7.11 Å². The van der Waals surface area contributed by atoms with Crippen LogP contribution in [0.2, 0.25) is 0 Å². The largest absolute Gasteiger partial charge is 0.508 e. The fourth-order valence-electron chi connectivity index (χ4n) is 7.73. The number of nitrogens with zero attached hydrogens (tertiary/aromatic N) is 4. The van der Waals surface area contributed by atoms with Crippen molar-refractivity contribution in [3.05, 3.63) is 55.6 Å². The number of methoxy groups -OCH3 is 1. The van der Waals surface area contributed by atoms with Crippen LogP contribution in [-0.2, 0) is 54.2 Å². The van der Waals surface area contributed by atoms with Crippen LogP contribution in [0.15, 0.2) is 24.3 Å². The van der Waals surface area contributed by atoms with Crippen molar-refractivity contribution in [1.82, 2.24) is 9.80 Å². The Kier molecular flexibility index (Phi) is 21.1. The summed E-state index contributed by atoms with van der Waals surface area (Å²) in [5.41, 5.74) is 1.74. The molecular weight excluding hydrogens is 780 g/mol. The van der Waals surface area contributed by atoms with Gasteiger partial charge in [-0.25, -0.2) is 9.59 Å². The molecule has 1 aromatic carbocycles. The van der Waals surface area contributed by atoms with Crippen molar-refractivity contribution in [3.63, 3.8) is 0 Å². The third-order valence-corrected chi connectivity index (χ3v) is 10.5. The van der Waals surface area contributed by atoms with Crippen LogP contribution in [-0.4, -0.2) is 156 Å².